The van der Waals surface area contributed by atoms with Crippen molar-refractivity contribution >= 4 is 29.3 Å². The number of ether oxygens (including phenoxy) is 1. The van der Waals surface area contributed by atoms with Gasteiger partial charge in [-0.2, -0.15) is 0 Å². The first kappa shape index (κ1) is 19.7. The number of aromatic carboxylic acids is 1. The zero-order valence-electron chi connectivity index (χ0n) is 15.1. The Balaban J connectivity index is 0.00000210. The van der Waals surface area contributed by atoms with Crippen molar-refractivity contribution in [3.05, 3.63) is 39.9 Å². The molecule has 0 bridgehead atoms. The normalized spacial score (nSPS) is 24.3. The van der Waals surface area contributed by atoms with Crippen LogP contribution in [0.1, 0.15) is 54.9 Å². The number of fused-ring (bicyclic) bond motifs is 2. The van der Waals surface area contributed by atoms with Crippen molar-refractivity contribution in [1.82, 2.24) is 4.57 Å². The van der Waals surface area contributed by atoms with E-state index in [1.54, 1.807) is 0 Å². The molecule has 1 heterocycles. The monoisotopic (exact) mass is 395 g/mol. The second kappa shape index (κ2) is 7.50. The van der Waals surface area contributed by atoms with Gasteiger partial charge in [-0.15, -0.1) is 12.4 Å². The molecular formula is C20H23ClFNO4. The summed E-state index contributed by atoms with van der Waals surface area (Å²) in [6.07, 6.45) is 8.25. The van der Waals surface area contributed by atoms with Gasteiger partial charge in [0.05, 0.1) is 18.0 Å². The molecule has 2 fully saturated rings. The molecular weight excluding hydrogens is 373 g/mol. The number of methoxy groups -OCH3 is 1. The van der Waals surface area contributed by atoms with Crippen LogP contribution < -0.4 is 10.2 Å². The number of benzene rings is 1. The number of carboxylic acid groups (broad SMARTS) is 1. The summed E-state index contributed by atoms with van der Waals surface area (Å²) < 4.78 is 21.2. The third-order valence-corrected chi connectivity index (χ3v) is 6.12. The molecule has 2 aliphatic carbocycles. The van der Waals surface area contributed by atoms with E-state index < -0.39 is 17.2 Å². The van der Waals surface area contributed by atoms with E-state index in [0.717, 1.165) is 18.9 Å². The minimum atomic E-state index is -1.29. The van der Waals surface area contributed by atoms with Gasteiger partial charge in [0.1, 0.15) is 17.1 Å². The highest BCUT2D eigenvalue weighted by atomic mass is 35.5. The van der Waals surface area contributed by atoms with Gasteiger partial charge in [-0.05, 0) is 30.7 Å². The minimum Gasteiger partial charge on any atom is -0.494 e. The molecule has 4 rings (SSSR count). The summed E-state index contributed by atoms with van der Waals surface area (Å²) in [7, 11) is 1.43. The van der Waals surface area contributed by atoms with Crippen molar-refractivity contribution in [2.45, 2.75) is 44.6 Å². The molecule has 1 aromatic carbocycles. The number of nitrogens with zero attached hydrogens (tertiary/aromatic N) is 1. The molecule has 27 heavy (non-hydrogen) atoms. The number of aromatic nitrogens is 1. The van der Waals surface area contributed by atoms with Crippen LogP contribution >= 0.6 is 12.4 Å². The fourth-order valence-electron chi connectivity index (χ4n) is 4.94. The maximum absolute atomic E-state index is 14.0. The number of pyridine rings is 1. The Labute approximate surface area is 162 Å². The second-order valence-corrected chi connectivity index (χ2v) is 7.52. The van der Waals surface area contributed by atoms with E-state index in [1.165, 1.54) is 45.1 Å². The highest BCUT2D eigenvalue weighted by Crippen LogP contribution is 2.48. The molecule has 2 saturated carbocycles. The predicted molar refractivity (Wildman–Crippen MR) is 103 cm³/mol. The molecule has 7 heteroatoms. The van der Waals surface area contributed by atoms with Gasteiger partial charge in [-0.1, -0.05) is 25.7 Å². The quantitative estimate of drug-likeness (QED) is 0.835. The lowest BCUT2D eigenvalue weighted by atomic mass is 9.82. The fourth-order valence-corrected chi connectivity index (χ4v) is 4.94. The van der Waals surface area contributed by atoms with Crippen molar-refractivity contribution in [3.8, 4) is 5.75 Å². The smallest absolute Gasteiger partial charge is 0.341 e. The molecule has 2 unspecified atom stereocenters. The van der Waals surface area contributed by atoms with Crippen molar-refractivity contribution in [2.24, 2.45) is 11.8 Å². The molecule has 0 spiro atoms. The molecule has 2 aromatic rings. The van der Waals surface area contributed by atoms with Crippen molar-refractivity contribution < 1.29 is 19.0 Å². The Morgan fingerprint density at radius 1 is 1.22 bits per heavy atom. The third kappa shape index (κ3) is 3.31. The molecule has 0 aliphatic heterocycles. The first-order chi connectivity index (χ1) is 12.5. The van der Waals surface area contributed by atoms with Crippen LogP contribution in [0.25, 0.3) is 10.9 Å². The van der Waals surface area contributed by atoms with E-state index in [-0.39, 0.29) is 35.1 Å². The van der Waals surface area contributed by atoms with Crippen LogP contribution in [-0.4, -0.2) is 22.8 Å². The molecule has 0 amide bonds. The standard InChI is InChI=1S/C20H22FNO4.ClH/c1-26-17-9-13(21)8-15-18(17)22(10-16(19(15)23)20(24)25)14-6-11-4-2-3-5-12(11)7-14;/h8-12,14H,2-7H2,1H3,(H,24,25);1H. The highest BCUT2D eigenvalue weighted by molar-refractivity contribution is 5.94. The SMILES string of the molecule is COc1cc(F)cc2c(=O)c(C(=O)O)cn(C3CC4CCCCC4C3)c12.Cl. The number of hydrogen-bond donors (Lipinski definition) is 1. The largest absolute Gasteiger partial charge is 0.494 e. The molecule has 2 aliphatic rings. The molecule has 2 atom stereocenters. The summed E-state index contributed by atoms with van der Waals surface area (Å²) in [6.45, 7) is 0. The van der Waals surface area contributed by atoms with E-state index >= 15 is 0 Å². The summed E-state index contributed by atoms with van der Waals surface area (Å²) in [5, 5.41) is 9.52. The zero-order chi connectivity index (χ0) is 18.4. The molecule has 1 N–H and O–H groups in total. The van der Waals surface area contributed by atoms with Crippen LogP contribution in [0.3, 0.4) is 0 Å². The van der Waals surface area contributed by atoms with E-state index in [4.69, 9.17) is 4.74 Å². The molecule has 0 radical (unpaired) electrons. The fraction of sp³-hybridized carbons (Fsp3) is 0.500. The van der Waals surface area contributed by atoms with Crippen LogP contribution in [0.2, 0.25) is 0 Å². The lowest BCUT2D eigenvalue weighted by Gasteiger charge is -2.23. The Morgan fingerprint density at radius 2 is 1.85 bits per heavy atom. The topological polar surface area (TPSA) is 68.5 Å². The van der Waals surface area contributed by atoms with E-state index in [2.05, 4.69) is 0 Å². The van der Waals surface area contributed by atoms with Crippen LogP contribution in [0.5, 0.6) is 5.75 Å². The molecule has 0 saturated heterocycles. The minimum absolute atomic E-state index is 0. The van der Waals surface area contributed by atoms with E-state index in [0.29, 0.717) is 17.4 Å². The average molecular weight is 396 g/mol. The predicted octanol–water partition coefficient (Wildman–Crippen LogP) is 4.41. The van der Waals surface area contributed by atoms with E-state index in [9.17, 15) is 19.1 Å². The van der Waals surface area contributed by atoms with Crippen molar-refractivity contribution in [1.29, 1.82) is 0 Å². The molecule has 1 aromatic heterocycles. The zero-order valence-corrected chi connectivity index (χ0v) is 15.9. The number of carboxylic acids is 1. The number of carbonyl (C=O) groups is 1. The molecule has 146 valence electrons. The Hall–Kier alpha value is -2.08. The maximum Gasteiger partial charge on any atom is 0.341 e. The summed E-state index contributed by atoms with van der Waals surface area (Å²) >= 11 is 0. The van der Waals surface area contributed by atoms with Crippen LogP contribution in [0.4, 0.5) is 4.39 Å². The third-order valence-electron chi connectivity index (χ3n) is 6.12. The van der Waals surface area contributed by atoms with Gasteiger partial charge in [0, 0.05) is 18.3 Å². The van der Waals surface area contributed by atoms with Gasteiger partial charge < -0.3 is 14.4 Å². The Morgan fingerprint density at radius 3 is 2.41 bits per heavy atom. The van der Waals surface area contributed by atoms with Gasteiger partial charge in [0.2, 0.25) is 5.43 Å². The molecule has 5 nitrogen and oxygen atoms in total. The number of halogens is 2. The summed E-state index contributed by atoms with van der Waals surface area (Å²) in [5.74, 6) is -0.347. The first-order valence-electron chi connectivity index (χ1n) is 9.15. The highest BCUT2D eigenvalue weighted by Gasteiger charge is 2.37. The number of hydrogen-bond acceptors (Lipinski definition) is 3. The average Bonchev–Trinajstić information content (AvgIpc) is 3.05. The van der Waals surface area contributed by atoms with Gasteiger partial charge >= 0.3 is 5.97 Å². The van der Waals surface area contributed by atoms with Gasteiger partial charge in [-0.25, -0.2) is 9.18 Å². The summed E-state index contributed by atoms with van der Waals surface area (Å²) in [4.78, 5) is 24.2. The van der Waals surface area contributed by atoms with Crippen LogP contribution in [-0.2, 0) is 0 Å². The summed E-state index contributed by atoms with van der Waals surface area (Å²) in [6, 6.07) is 2.47. The Kier molecular flexibility index (Phi) is 5.47. The van der Waals surface area contributed by atoms with Gasteiger partial charge in [0.25, 0.3) is 0 Å². The summed E-state index contributed by atoms with van der Waals surface area (Å²) in [5.41, 5.74) is -0.496. The first-order valence-corrected chi connectivity index (χ1v) is 9.15. The van der Waals surface area contributed by atoms with Crippen molar-refractivity contribution in [2.75, 3.05) is 7.11 Å². The van der Waals surface area contributed by atoms with Crippen molar-refractivity contribution in [3.63, 3.8) is 0 Å². The van der Waals surface area contributed by atoms with Gasteiger partial charge in [-0.3, -0.25) is 4.79 Å². The van der Waals surface area contributed by atoms with Crippen LogP contribution in [0, 0.1) is 17.7 Å². The lowest BCUT2D eigenvalue weighted by Crippen LogP contribution is -2.21. The lowest BCUT2D eigenvalue weighted by molar-refractivity contribution is 0.0694. The maximum atomic E-state index is 14.0. The second-order valence-electron chi connectivity index (χ2n) is 7.52. The van der Waals surface area contributed by atoms with Crippen LogP contribution in [0.15, 0.2) is 23.1 Å². The Bertz CT molecular complexity index is 928. The van der Waals surface area contributed by atoms with Gasteiger partial charge in [0.15, 0.2) is 0 Å². The number of rotatable bonds is 3. The van der Waals surface area contributed by atoms with E-state index in [1.807, 2.05) is 4.57 Å².